The van der Waals surface area contributed by atoms with Crippen LogP contribution in [0, 0.1) is 0 Å². The fourth-order valence-electron chi connectivity index (χ4n) is 1.55. The number of halogens is 1. The lowest BCUT2D eigenvalue weighted by Crippen LogP contribution is -2.05. The topological polar surface area (TPSA) is 78.1 Å². The summed E-state index contributed by atoms with van der Waals surface area (Å²) in [7, 11) is 0. The Morgan fingerprint density at radius 2 is 2.33 bits per heavy atom. The van der Waals surface area contributed by atoms with Gasteiger partial charge in [0.15, 0.2) is 6.61 Å². The number of hydrogen-bond donors (Lipinski definition) is 0. The summed E-state index contributed by atoms with van der Waals surface area (Å²) in [5.41, 5.74) is 0.349. The fourth-order valence-corrected chi connectivity index (χ4v) is 2.57. The van der Waals surface area contributed by atoms with E-state index >= 15 is 0 Å². The maximum Gasteiger partial charge on any atom is 0.340 e. The summed E-state index contributed by atoms with van der Waals surface area (Å²) >= 11 is 4.75. The van der Waals surface area contributed by atoms with Gasteiger partial charge in [-0.15, -0.1) is 11.3 Å². The summed E-state index contributed by atoms with van der Waals surface area (Å²) in [4.78, 5) is 20.8. The number of esters is 1. The van der Waals surface area contributed by atoms with E-state index < -0.39 is 5.97 Å². The van der Waals surface area contributed by atoms with Gasteiger partial charge in [-0.3, -0.25) is 4.98 Å². The van der Waals surface area contributed by atoms with Crippen LogP contribution in [-0.2, 0) is 11.3 Å². The van der Waals surface area contributed by atoms with Gasteiger partial charge in [0, 0.05) is 16.9 Å². The molecule has 3 heterocycles. The number of carbonyl (C=O) groups is 1. The Labute approximate surface area is 131 Å². The molecule has 0 radical (unpaired) electrons. The SMILES string of the molecule is O=C(OCc1nc(-c2cccs2)no1)c1cncc(Br)c1. The number of rotatable bonds is 4. The van der Waals surface area contributed by atoms with Crippen molar-refractivity contribution in [3.05, 3.63) is 51.9 Å². The molecule has 0 N–H and O–H groups in total. The monoisotopic (exact) mass is 365 g/mol. The van der Waals surface area contributed by atoms with Gasteiger partial charge >= 0.3 is 5.97 Å². The van der Waals surface area contributed by atoms with Crippen LogP contribution in [0.2, 0.25) is 0 Å². The Morgan fingerprint density at radius 3 is 3.10 bits per heavy atom. The standard InChI is InChI=1S/C13H8BrN3O3S/c14-9-4-8(5-15-6-9)13(18)19-7-11-16-12(17-20-11)10-2-1-3-21-10/h1-6H,7H2. The van der Waals surface area contributed by atoms with Crippen LogP contribution in [0.25, 0.3) is 10.7 Å². The third-order valence-electron chi connectivity index (χ3n) is 2.48. The van der Waals surface area contributed by atoms with Crippen molar-refractivity contribution >= 4 is 33.2 Å². The van der Waals surface area contributed by atoms with Crippen LogP contribution in [0.1, 0.15) is 16.2 Å². The van der Waals surface area contributed by atoms with Crippen LogP contribution < -0.4 is 0 Å². The highest BCUT2D eigenvalue weighted by Crippen LogP contribution is 2.21. The number of pyridine rings is 1. The second kappa shape index (κ2) is 6.15. The van der Waals surface area contributed by atoms with E-state index in [1.165, 1.54) is 17.5 Å². The summed E-state index contributed by atoms with van der Waals surface area (Å²) in [6.07, 6.45) is 3.01. The van der Waals surface area contributed by atoms with Crippen LogP contribution in [0.15, 0.2) is 45.0 Å². The van der Waals surface area contributed by atoms with E-state index in [1.54, 1.807) is 12.3 Å². The molecule has 0 unspecified atom stereocenters. The number of ether oxygens (including phenoxy) is 1. The molecule has 0 amide bonds. The molecule has 0 aliphatic heterocycles. The quantitative estimate of drug-likeness (QED) is 0.660. The Morgan fingerprint density at radius 1 is 1.43 bits per heavy atom. The zero-order valence-electron chi connectivity index (χ0n) is 10.5. The zero-order valence-corrected chi connectivity index (χ0v) is 12.9. The summed E-state index contributed by atoms with van der Waals surface area (Å²) in [6, 6.07) is 5.41. The van der Waals surface area contributed by atoms with E-state index in [4.69, 9.17) is 9.26 Å². The van der Waals surface area contributed by atoms with Gasteiger partial charge in [0.25, 0.3) is 5.89 Å². The first-order chi connectivity index (χ1) is 10.2. The van der Waals surface area contributed by atoms with E-state index in [2.05, 4.69) is 31.1 Å². The molecule has 6 nitrogen and oxygen atoms in total. The largest absolute Gasteiger partial charge is 0.452 e. The number of carbonyl (C=O) groups excluding carboxylic acids is 1. The molecular formula is C13H8BrN3O3S. The third-order valence-corrected chi connectivity index (χ3v) is 3.78. The van der Waals surface area contributed by atoms with Gasteiger partial charge in [0.05, 0.1) is 10.4 Å². The maximum atomic E-state index is 11.8. The highest BCUT2D eigenvalue weighted by Gasteiger charge is 2.13. The normalized spacial score (nSPS) is 10.5. The van der Waals surface area contributed by atoms with Gasteiger partial charge in [-0.1, -0.05) is 11.2 Å². The molecule has 0 aliphatic rings. The predicted molar refractivity (Wildman–Crippen MR) is 78.7 cm³/mol. The fraction of sp³-hybridized carbons (Fsp3) is 0.0769. The average Bonchev–Trinajstić information content (AvgIpc) is 3.15. The lowest BCUT2D eigenvalue weighted by atomic mass is 10.3. The lowest BCUT2D eigenvalue weighted by Gasteiger charge is -2.01. The summed E-state index contributed by atoms with van der Waals surface area (Å²) < 4.78 is 10.9. The Hall–Kier alpha value is -2.06. The van der Waals surface area contributed by atoms with E-state index in [1.807, 2.05) is 17.5 Å². The lowest BCUT2D eigenvalue weighted by molar-refractivity contribution is 0.0429. The first-order valence-electron chi connectivity index (χ1n) is 5.86. The van der Waals surface area contributed by atoms with Crippen molar-refractivity contribution in [1.29, 1.82) is 0 Å². The van der Waals surface area contributed by atoms with Crippen LogP contribution in [0.3, 0.4) is 0 Å². The second-order valence-corrected chi connectivity index (χ2v) is 5.82. The minimum atomic E-state index is -0.500. The summed E-state index contributed by atoms with van der Waals surface area (Å²) in [6.45, 7) is -0.0796. The molecular weight excluding hydrogens is 358 g/mol. The van der Waals surface area contributed by atoms with Crippen molar-refractivity contribution < 1.29 is 14.1 Å². The minimum absolute atomic E-state index is 0.0796. The molecule has 3 rings (SSSR count). The zero-order chi connectivity index (χ0) is 14.7. The van der Waals surface area contributed by atoms with E-state index in [0.29, 0.717) is 15.9 Å². The van der Waals surface area contributed by atoms with E-state index in [0.717, 1.165) is 4.88 Å². The number of hydrogen-bond acceptors (Lipinski definition) is 7. The number of aromatic nitrogens is 3. The van der Waals surface area contributed by atoms with Crippen LogP contribution in [0.4, 0.5) is 0 Å². The first-order valence-corrected chi connectivity index (χ1v) is 7.54. The summed E-state index contributed by atoms with van der Waals surface area (Å²) in [5.74, 6) is 0.231. The van der Waals surface area contributed by atoms with Crippen molar-refractivity contribution in [2.45, 2.75) is 6.61 Å². The van der Waals surface area contributed by atoms with Crippen LogP contribution >= 0.6 is 27.3 Å². The molecule has 0 saturated heterocycles. The van der Waals surface area contributed by atoms with Crippen molar-refractivity contribution in [2.75, 3.05) is 0 Å². The highest BCUT2D eigenvalue weighted by atomic mass is 79.9. The Kier molecular flexibility index (Phi) is 4.07. The van der Waals surface area contributed by atoms with Crippen molar-refractivity contribution in [2.24, 2.45) is 0 Å². The van der Waals surface area contributed by atoms with Gasteiger partial charge in [-0.25, -0.2) is 4.79 Å². The number of nitrogens with zero attached hydrogens (tertiary/aromatic N) is 3. The van der Waals surface area contributed by atoms with Crippen molar-refractivity contribution in [3.63, 3.8) is 0 Å². The molecule has 8 heteroatoms. The van der Waals surface area contributed by atoms with E-state index in [9.17, 15) is 4.79 Å². The van der Waals surface area contributed by atoms with Crippen molar-refractivity contribution in [1.82, 2.24) is 15.1 Å². The van der Waals surface area contributed by atoms with Gasteiger partial charge in [-0.05, 0) is 33.4 Å². The molecule has 0 fully saturated rings. The molecule has 0 saturated carbocycles. The molecule has 3 aromatic heterocycles. The van der Waals surface area contributed by atoms with Gasteiger partial charge in [0.1, 0.15) is 0 Å². The molecule has 0 atom stereocenters. The molecule has 21 heavy (non-hydrogen) atoms. The molecule has 0 aliphatic carbocycles. The van der Waals surface area contributed by atoms with Gasteiger partial charge in [0.2, 0.25) is 5.82 Å². The molecule has 0 spiro atoms. The maximum absolute atomic E-state index is 11.8. The van der Waals surface area contributed by atoms with Crippen LogP contribution in [0.5, 0.6) is 0 Å². The minimum Gasteiger partial charge on any atom is -0.452 e. The third kappa shape index (κ3) is 3.34. The highest BCUT2D eigenvalue weighted by molar-refractivity contribution is 9.10. The summed E-state index contributed by atoms with van der Waals surface area (Å²) in [5, 5.41) is 5.76. The Bertz CT molecular complexity index is 758. The predicted octanol–water partition coefficient (Wildman–Crippen LogP) is 3.31. The first kappa shape index (κ1) is 13.9. The molecule has 0 bridgehead atoms. The Balaban J connectivity index is 1.64. The van der Waals surface area contributed by atoms with Crippen molar-refractivity contribution in [3.8, 4) is 10.7 Å². The average molecular weight is 366 g/mol. The number of thiophene rings is 1. The van der Waals surface area contributed by atoms with E-state index in [-0.39, 0.29) is 12.5 Å². The molecule has 106 valence electrons. The second-order valence-electron chi connectivity index (χ2n) is 3.96. The smallest absolute Gasteiger partial charge is 0.340 e. The van der Waals surface area contributed by atoms with Gasteiger partial charge < -0.3 is 9.26 Å². The molecule has 0 aromatic carbocycles. The van der Waals surface area contributed by atoms with Crippen LogP contribution in [-0.4, -0.2) is 21.1 Å². The molecule has 3 aromatic rings. The van der Waals surface area contributed by atoms with Gasteiger partial charge in [-0.2, -0.15) is 4.98 Å².